The van der Waals surface area contributed by atoms with Crippen molar-refractivity contribution in [3.63, 3.8) is 0 Å². The first-order chi connectivity index (χ1) is 13.0. The molecular formula is C21H20BrFO4. The zero-order chi connectivity index (χ0) is 19.4. The fourth-order valence-corrected chi connectivity index (χ4v) is 3.45. The smallest absolute Gasteiger partial charge is 0.310 e. The average molecular weight is 435 g/mol. The van der Waals surface area contributed by atoms with Crippen LogP contribution in [0.15, 0.2) is 45.3 Å². The molecule has 0 fully saturated rings. The van der Waals surface area contributed by atoms with Gasteiger partial charge < -0.3 is 13.9 Å². The minimum atomic E-state index is -0.629. The zero-order valence-electron chi connectivity index (χ0n) is 15.2. The molecule has 0 N–H and O–H groups in total. The zero-order valence-corrected chi connectivity index (χ0v) is 16.8. The van der Waals surface area contributed by atoms with Crippen LogP contribution in [0, 0.1) is 6.01 Å². The van der Waals surface area contributed by atoms with Gasteiger partial charge in [-0.15, -0.1) is 0 Å². The van der Waals surface area contributed by atoms with E-state index in [0.29, 0.717) is 27.8 Å². The average Bonchev–Trinajstić information content (AvgIpc) is 3.02. The SMILES string of the molecule is CCOC(=O)Cc1ccc(CC)cc1OCc1cc(Br)c2oc(F)cc2c1. The summed E-state index contributed by atoms with van der Waals surface area (Å²) in [6.45, 7) is 4.46. The third-order valence-corrected chi connectivity index (χ3v) is 4.76. The first-order valence-corrected chi connectivity index (χ1v) is 9.57. The molecule has 0 atom stereocenters. The highest BCUT2D eigenvalue weighted by molar-refractivity contribution is 9.10. The number of carbonyl (C=O) groups excluding carboxylic acids is 1. The number of fused-ring (bicyclic) bond motifs is 1. The Labute approximate surface area is 165 Å². The maximum Gasteiger partial charge on any atom is 0.310 e. The van der Waals surface area contributed by atoms with E-state index in [9.17, 15) is 9.18 Å². The summed E-state index contributed by atoms with van der Waals surface area (Å²) < 4.78 is 30.1. The van der Waals surface area contributed by atoms with E-state index in [4.69, 9.17) is 13.9 Å². The van der Waals surface area contributed by atoms with Crippen LogP contribution in [0.5, 0.6) is 5.75 Å². The molecule has 0 amide bonds. The summed E-state index contributed by atoms with van der Waals surface area (Å²) in [5.41, 5.74) is 3.22. The van der Waals surface area contributed by atoms with E-state index in [0.717, 1.165) is 23.1 Å². The van der Waals surface area contributed by atoms with Gasteiger partial charge in [0.15, 0.2) is 5.58 Å². The summed E-state index contributed by atoms with van der Waals surface area (Å²) in [5.74, 6) is 0.363. The summed E-state index contributed by atoms with van der Waals surface area (Å²) in [7, 11) is 0. The minimum absolute atomic E-state index is 0.156. The molecule has 0 aliphatic rings. The first kappa shape index (κ1) is 19.4. The minimum Gasteiger partial charge on any atom is -0.489 e. The summed E-state index contributed by atoms with van der Waals surface area (Å²) in [6.07, 6.45) is 1.02. The molecule has 142 valence electrons. The summed E-state index contributed by atoms with van der Waals surface area (Å²) >= 11 is 3.40. The second-order valence-electron chi connectivity index (χ2n) is 6.11. The Hall–Kier alpha value is -2.34. The van der Waals surface area contributed by atoms with Gasteiger partial charge in [0.05, 0.1) is 17.5 Å². The standard InChI is InChI=1S/C21H20BrFO4/c1-3-13-5-6-15(11-20(24)25-4-2)18(9-13)26-12-14-7-16-10-19(23)27-21(16)17(22)8-14/h5-10H,3-4,11-12H2,1-2H3. The number of hydrogen-bond donors (Lipinski definition) is 0. The molecule has 3 rings (SSSR count). The van der Waals surface area contributed by atoms with E-state index in [1.165, 1.54) is 6.07 Å². The van der Waals surface area contributed by atoms with E-state index in [1.807, 2.05) is 30.3 Å². The van der Waals surface area contributed by atoms with Crippen LogP contribution in [0.1, 0.15) is 30.5 Å². The molecule has 27 heavy (non-hydrogen) atoms. The molecule has 0 spiro atoms. The van der Waals surface area contributed by atoms with Crippen molar-refractivity contribution in [2.45, 2.75) is 33.3 Å². The fourth-order valence-electron chi connectivity index (χ4n) is 2.85. The molecule has 2 aromatic carbocycles. The predicted molar refractivity (Wildman–Crippen MR) is 104 cm³/mol. The summed E-state index contributed by atoms with van der Waals surface area (Å²) in [4.78, 5) is 11.9. The van der Waals surface area contributed by atoms with Gasteiger partial charge in [-0.3, -0.25) is 4.79 Å². The molecular weight excluding hydrogens is 415 g/mol. The highest BCUT2D eigenvalue weighted by Crippen LogP contribution is 2.29. The van der Waals surface area contributed by atoms with Crippen LogP contribution in [-0.4, -0.2) is 12.6 Å². The molecule has 6 heteroatoms. The monoisotopic (exact) mass is 434 g/mol. The van der Waals surface area contributed by atoms with Gasteiger partial charge in [-0.25, -0.2) is 0 Å². The molecule has 0 saturated carbocycles. The van der Waals surface area contributed by atoms with Crippen molar-refractivity contribution in [3.05, 3.63) is 63.6 Å². The van der Waals surface area contributed by atoms with Crippen LogP contribution in [0.2, 0.25) is 0 Å². The van der Waals surface area contributed by atoms with Gasteiger partial charge in [-0.05, 0) is 58.6 Å². The predicted octanol–water partition coefficient (Wildman–Crippen LogP) is 5.58. The Kier molecular flexibility index (Phi) is 6.16. The van der Waals surface area contributed by atoms with E-state index in [2.05, 4.69) is 22.9 Å². The van der Waals surface area contributed by atoms with Crippen LogP contribution in [0.25, 0.3) is 11.0 Å². The van der Waals surface area contributed by atoms with Crippen LogP contribution >= 0.6 is 15.9 Å². The number of aryl methyl sites for hydroxylation is 1. The summed E-state index contributed by atoms with van der Waals surface area (Å²) in [5, 5.41) is 0.662. The molecule has 0 unspecified atom stereocenters. The van der Waals surface area contributed by atoms with Gasteiger partial charge in [0, 0.05) is 17.0 Å². The Balaban J connectivity index is 1.82. The Morgan fingerprint density at radius 2 is 1.96 bits per heavy atom. The molecule has 1 aromatic heterocycles. The number of furan rings is 1. The van der Waals surface area contributed by atoms with Crippen molar-refractivity contribution in [2.75, 3.05) is 6.61 Å². The van der Waals surface area contributed by atoms with E-state index in [-0.39, 0.29) is 19.0 Å². The van der Waals surface area contributed by atoms with Crippen molar-refractivity contribution in [1.29, 1.82) is 0 Å². The van der Waals surface area contributed by atoms with Crippen LogP contribution in [0.3, 0.4) is 0 Å². The number of carbonyl (C=O) groups is 1. The van der Waals surface area contributed by atoms with Gasteiger partial charge in [0.25, 0.3) is 6.01 Å². The molecule has 3 aromatic rings. The number of rotatable bonds is 7. The lowest BCUT2D eigenvalue weighted by Crippen LogP contribution is -2.09. The molecule has 0 aliphatic carbocycles. The van der Waals surface area contributed by atoms with Crippen molar-refractivity contribution >= 4 is 32.9 Å². The van der Waals surface area contributed by atoms with E-state index >= 15 is 0 Å². The molecule has 0 radical (unpaired) electrons. The Bertz CT molecular complexity index is 964. The Morgan fingerprint density at radius 1 is 1.15 bits per heavy atom. The number of ether oxygens (including phenoxy) is 2. The molecule has 0 saturated heterocycles. The highest BCUT2D eigenvalue weighted by Gasteiger charge is 2.13. The number of halogens is 2. The lowest BCUT2D eigenvalue weighted by molar-refractivity contribution is -0.142. The highest BCUT2D eigenvalue weighted by atomic mass is 79.9. The van der Waals surface area contributed by atoms with Crippen molar-refractivity contribution in [1.82, 2.24) is 0 Å². The lowest BCUT2D eigenvalue weighted by atomic mass is 10.1. The van der Waals surface area contributed by atoms with Gasteiger partial charge >= 0.3 is 5.97 Å². The Morgan fingerprint density at radius 3 is 2.70 bits per heavy atom. The number of hydrogen-bond acceptors (Lipinski definition) is 4. The van der Waals surface area contributed by atoms with Crippen molar-refractivity contribution in [3.8, 4) is 5.75 Å². The third kappa shape index (κ3) is 4.69. The van der Waals surface area contributed by atoms with Crippen molar-refractivity contribution in [2.24, 2.45) is 0 Å². The second-order valence-corrected chi connectivity index (χ2v) is 6.97. The fraction of sp³-hybridized carbons (Fsp3) is 0.286. The maximum absolute atomic E-state index is 13.3. The van der Waals surface area contributed by atoms with Crippen molar-refractivity contribution < 1.29 is 23.1 Å². The second kappa shape index (κ2) is 8.57. The van der Waals surface area contributed by atoms with Crippen LogP contribution < -0.4 is 4.74 Å². The quantitative estimate of drug-likeness (QED) is 0.455. The first-order valence-electron chi connectivity index (χ1n) is 8.77. The third-order valence-electron chi connectivity index (χ3n) is 4.17. The van der Waals surface area contributed by atoms with Gasteiger partial charge in [0.2, 0.25) is 0 Å². The summed E-state index contributed by atoms with van der Waals surface area (Å²) in [6, 6.07) is 10.2. The van der Waals surface area contributed by atoms with Gasteiger partial charge in [0.1, 0.15) is 12.4 Å². The molecule has 0 bridgehead atoms. The molecule has 4 nitrogen and oxygen atoms in total. The number of benzene rings is 2. The van der Waals surface area contributed by atoms with Gasteiger partial charge in [-0.1, -0.05) is 19.1 Å². The number of esters is 1. The van der Waals surface area contributed by atoms with Crippen LogP contribution in [0.4, 0.5) is 4.39 Å². The topological polar surface area (TPSA) is 48.7 Å². The van der Waals surface area contributed by atoms with E-state index < -0.39 is 6.01 Å². The maximum atomic E-state index is 13.3. The molecule has 1 heterocycles. The lowest BCUT2D eigenvalue weighted by Gasteiger charge is -2.13. The van der Waals surface area contributed by atoms with Gasteiger partial charge in [-0.2, -0.15) is 4.39 Å². The van der Waals surface area contributed by atoms with Crippen LogP contribution in [-0.2, 0) is 29.0 Å². The molecule has 0 aliphatic heterocycles. The normalized spacial score (nSPS) is 11.0. The van der Waals surface area contributed by atoms with E-state index in [1.54, 1.807) is 6.92 Å². The largest absolute Gasteiger partial charge is 0.489 e.